The van der Waals surface area contributed by atoms with E-state index in [1.54, 1.807) is 6.07 Å². The van der Waals surface area contributed by atoms with Gasteiger partial charge in [0, 0.05) is 5.92 Å². The van der Waals surface area contributed by atoms with Crippen molar-refractivity contribution in [3.8, 4) is 5.75 Å². The minimum atomic E-state index is 0.0707. The fourth-order valence-electron chi connectivity index (χ4n) is 2.61. The first-order valence-electron chi connectivity index (χ1n) is 6.89. The number of para-hydroxylation sites is 2. The summed E-state index contributed by atoms with van der Waals surface area (Å²) >= 11 is 4.79. The monoisotopic (exact) mass is 292 g/mol. The summed E-state index contributed by atoms with van der Waals surface area (Å²) in [7, 11) is 0. The molecule has 1 fully saturated rings. The van der Waals surface area contributed by atoms with Crippen LogP contribution < -0.4 is 15.8 Å². The van der Waals surface area contributed by atoms with Crippen molar-refractivity contribution in [1.82, 2.24) is 0 Å². The van der Waals surface area contributed by atoms with Crippen LogP contribution in [-0.2, 0) is 4.79 Å². The maximum Gasteiger partial charge on any atom is 0.227 e. The van der Waals surface area contributed by atoms with Gasteiger partial charge in [-0.15, -0.1) is 0 Å². The molecule has 3 N–H and O–H groups in total. The SMILES string of the molecule is CC1CCCC1C(=O)Nc1ccccc1OCC(N)=S. The molecule has 1 aliphatic rings. The number of ether oxygens (including phenoxy) is 1. The quantitative estimate of drug-likeness (QED) is 0.819. The smallest absolute Gasteiger partial charge is 0.227 e. The number of carbonyl (C=O) groups is 1. The Morgan fingerprint density at radius 3 is 2.85 bits per heavy atom. The van der Waals surface area contributed by atoms with Crippen molar-refractivity contribution >= 4 is 28.8 Å². The molecule has 4 nitrogen and oxygen atoms in total. The third-order valence-corrected chi connectivity index (χ3v) is 3.83. The normalized spacial score (nSPS) is 21.4. The van der Waals surface area contributed by atoms with Crippen molar-refractivity contribution in [2.45, 2.75) is 26.2 Å². The van der Waals surface area contributed by atoms with E-state index in [4.69, 9.17) is 22.7 Å². The standard InChI is InChI=1S/C15H20N2O2S/c1-10-5-4-6-11(10)15(18)17-12-7-2-3-8-13(12)19-9-14(16)20/h2-3,7-8,10-11H,4-6,9H2,1H3,(H2,16,20)(H,17,18). The van der Waals surface area contributed by atoms with Crippen LogP contribution in [0.1, 0.15) is 26.2 Å². The van der Waals surface area contributed by atoms with Crippen molar-refractivity contribution < 1.29 is 9.53 Å². The summed E-state index contributed by atoms with van der Waals surface area (Å²) in [5.41, 5.74) is 6.10. The largest absolute Gasteiger partial charge is 0.484 e. The zero-order valence-corrected chi connectivity index (χ0v) is 12.4. The minimum Gasteiger partial charge on any atom is -0.484 e. The number of hydrogen-bond donors (Lipinski definition) is 2. The van der Waals surface area contributed by atoms with Gasteiger partial charge < -0.3 is 15.8 Å². The minimum absolute atomic E-state index is 0.0707. The van der Waals surface area contributed by atoms with Gasteiger partial charge in [0.25, 0.3) is 0 Å². The molecule has 5 heteroatoms. The van der Waals surface area contributed by atoms with E-state index in [1.807, 2.05) is 18.2 Å². The molecule has 0 aromatic heterocycles. The molecule has 1 aliphatic carbocycles. The number of benzene rings is 1. The Balaban J connectivity index is 2.04. The molecule has 0 saturated heterocycles. The van der Waals surface area contributed by atoms with E-state index in [-0.39, 0.29) is 23.4 Å². The summed E-state index contributed by atoms with van der Waals surface area (Å²) < 4.78 is 5.51. The van der Waals surface area contributed by atoms with Gasteiger partial charge in [0.1, 0.15) is 17.3 Å². The Bertz CT molecular complexity index is 504. The summed E-state index contributed by atoms with van der Waals surface area (Å²) in [6, 6.07) is 7.34. The third-order valence-electron chi connectivity index (χ3n) is 3.71. The molecule has 0 spiro atoms. The maximum absolute atomic E-state index is 12.3. The average molecular weight is 292 g/mol. The van der Waals surface area contributed by atoms with Crippen LogP contribution in [0.3, 0.4) is 0 Å². The van der Waals surface area contributed by atoms with Gasteiger partial charge in [0.15, 0.2) is 0 Å². The number of carbonyl (C=O) groups excluding carboxylic acids is 1. The van der Waals surface area contributed by atoms with Crippen molar-refractivity contribution in [3.63, 3.8) is 0 Å². The molecular weight excluding hydrogens is 272 g/mol. The second kappa shape index (κ2) is 6.70. The Kier molecular flexibility index (Phi) is 4.95. The van der Waals surface area contributed by atoms with E-state index in [1.165, 1.54) is 0 Å². The topological polar surface area (TPSA) is 64.3 Å². The van der Waals surface area contributed by atoms with E-state index in [0.29, 0.717) is 17.4 Å². The summed E-state index contributed by atoms with van der Waals surface area (Å²) in [6.45, 7) is 2.30. The Labute approximate surface area is 124 Å². The third kappa shape index (κ3) is 3.70. The molecule has 2 rings (SSSR count). The highest BCUT2D eigenvalue weighted by atomic mass is 32.1. The maximum atomic E-state index is 12.3. The summed E-state index contributed by atoms with van der Waals surface area (Å²) in [5.74, 6) is 1.21. The Morgan fingerprint density at radius 1 is 1.45 bits per heavy atom. The van der Waals surface area contributed by atoms with Crippen molar-refractivity contribution in [3.05, 3.63) is 24.3 Å². The molecule has 1 saturated carbocycles. The lowest BCUT2D eigenvalue weighted by molar-refractivity contribution is -0.120. The van der Waals surface area contributed by atoms with Gasteiger partial charge in [0.2, 0.25) is 5.91 Å². The van der Waals surface area contributed by atoms with Crippen LogP contribution in [0.4, 0.5) is 5.69 Å². The van der Waals surface area contributed by atoms with E-state index < -0.39 is 0 Å². The van der Waals surface area contributed by atoms with Crippen LogP contribution in [0, 0.1) is 11.8 Å². The van der Waals surface area contributed by atoms with Gasteiger partial charge in [-0.2, -0.15) is 0 Å². The molecule has 2 atom stereocenters. The number of anilines is 1. The Morgan fingerprint density at radius 2 is 2.20 bits per heavy atom. The first kappa shape index (κ1) is 14.8. The number of nitrogens with two attached hydrogens (primary N) is 1. The van der Waals surface area contributed by atoms with Gasteiger partial charge in [-0.05, 0) is 30.9 Å². The number of amides is 1. The summed E-state index contributed by atoms with van der Waals surface area (Å²) in [4.78, 5) is 12.6. The van der Waals surface area contributed by atoms with Gasteiger partial charge in [0.05, 0.1) is 5.69 Å². The summed E-state index contributed by atoms with van der Waals surface area (Å²) in [6.07, 6.45) is 3.21. The van der Waals surface area contributed by atoms with Crippen LogP contribution in [-0.4, -0.2) is 17.5 Å². The van der Waals surface area contributed by atoms with E-state index in [2.05, 4.69) is 12.2 Å². The fourth-order valence-corrected chi connectivity index (χ4v) is 2.66. The second-order valence-electron chi connectivity index (χ2n) is 5.26. The predicted octanol–water partition coefficient (Wildman–Crippen LogP) is 2.73. The zero-order valence-electron chi connectivity index (χ0n) is 11.6. The zero-order chi connectivity index (χ0) is 14.5. The fraction of sp³-hybridized carbons (Fsp3) is 0.467. The Hall–Kier alpha value is -1.62. The molecule has 1 amide bonds. The highest BCUT2D eigenvalue weighted by molar-refractivity contribution is 7.80. The molecule has 0 aliphatic heterocycles. The average Bonchev–Trinajstić information content (AvgIpc) is 2.84. The summed E-state index contributed by atoms with van der Waals surface area (Å²) in [5, 5.41) is 2.96. The van der Waals surface area contributed by atoms with Crippen LogP contribution in [0.15, 0.2) is 24.3 Å². The number of thiocarbonyl (C=S) groups is 1. The molecule has 0 heterocycles. The lowest BCUT2D eigenvalue weighted by Gasteiger charge is -2.17. The number of hydrogen-bond acceptors (Lipinski definition) is 3. The van der Waals surface area contributed by atoms with Gasteiger partial charge in [-0.1, -0.05) is 37.7 Å². The van der Waals surface area contributed by atoms with Crippen molar-refractivity contribution in [1.29, 1.82) is 0 Å². The molecule has 1 aromatic carbocycles. The first-order chi connectivity index (χ1) is 9.58. The van der Waals surface area contributed by atoms with E-state index >= 15 is 0 Å². The molecule has 1 aromatic rings. The highest BCUT2D eigenvalue weighted by Gasteiger charge is 2.29. The lowest BCUT2D eigenvalue weighted by Crippen LogP contribution is -2.25. The lowest BCUT2D eigenvalue weighted by atomic mass is 9.97. The molecule has 2 unspecified atom stereocenters. The van der Waals surface area contributed by atoms with Crippen LogP contribution in [0.2, 0.25) is 0 Å². The van der Waals surface area contributed by atoms with Gasteiger partial charge >= 0.3 is 0 Å². The highest BCUT2D eigenvalue weighted by Crippen LogP contribution is 2.33. The van der Waals surface area contributed by atoms with Crippen molar-refractivity contribution in [2.75, 3.05) is 11.9 Å². The number of rotatable bonds is 5. The predicted molar refractivity (Wildman–Crippen MR) is 83.9 cm³/mol. The molecule has 108 valence electrons. The van der Waals surface area contributed by atoms with E-state index in [9.17, 15) is 4.79 Å². The van der Waals surface area contributed by atoms with Gasteiger partial charge in [-0.25, -0.2) is 0 Å². The van der Waals surface area contributed by atoms with E-state index in [0.717, 1.165) is 19.3 Å². The van der Waals surface area contributed by atoms with Crippen LogP contribution in [0.25, 0.3) is 0 Å². The second-order valence-corrected chi connectivity index (χ2v) is 5.78. The first-order valence-corrected chi connectivity index (χ1v) is 7.29. The molecule has 0 radical (unpaired) electrons. The number of nitrogens with one attached hydrogen (secondary N) is 1. The molecule has 20 heavy (non-hydrogen) atoms. The van der Waals surface area contributed by atoms with Crippen LogP contribution >= 0.6 is 12.2 Å². The van der Waals surface area contributed by atoms with Gasteiger partial charge in [-0.3, -0.25) is 4.79 Å². The van der Waals surface area contributed by atoms with Crippen molar-refractivity contribution in [2.24, 2.45) is 17.6 Å². The van der Waals surface area contributed by atoms with Crippen LogP contribution in [0.5, 0.6) is 5.75 Å². The molecular formula is C15H20N2O2S. The molecule has 0 bridgehead atoms.